The molecule has 3 rings (SSSR count). The van der Waals surface area contributed by atoms with Gasteiger partial charge < -0.3 is 4.74 Å². The Morgan fingerprint density at radius 1 is 1.33 bits per heavy atom. The van der Waals surface area contributed by atoms with E-state index >= 15 is 0 Å². The summed E-state index contributed by atoms with van der Waals surface area (Å²) >= 11 is 0. The fraction of sp³-hybridized carbons (Fsp3) is 0.417. The first-order valence-electron chi connectivity index (χ1n) is 5.52. The summed E-state index contributed by atoms with van der Waals surface area (Å²) in [6, 6.07) is 8.30. The van der Waals surface area contributed by atoms with Crippen molar-refractivity contribution >= 4 is 5.84 Å². The predicted octanol–water partition coefficient (Wildman–Crippen LogP) is -0.537. The summed E-state index contributed by atoms with van der Waals surface area (Å²) < 4.78 is 5.95. The Labute approximate surface area is 89.2 Å². The second-order valence-corrected chi connectivity index (χ2v) is 4.02. The highest BCUT2D eigenvalue weighted by Crippen LogP contribution is 2.26. The predicted molar refractivity (Wildman–Crippen MR) is 58.0 cm³/mol. The smallest absolute Gasteiger partial charge is 0.284 e. The molecule has 15 heavy (non-hydrogen) atoms. The molecule has 1 aromatic carbocycles. The molecular formula is C12H15N2O+. The van der Waals surface area contributed by atoms with E-state index in [0.29, 0.717) is 0 Å². The molecule has 2 aliphatic rings. The second kappa shape index (κ2) is 3.57. The van der Waals surface area contributed by atoms with Crippen LogP contribution in [-0.4, -0.2) is 25.0 Å². The number of hydrogen-bond acceptors (Lipinski definition) is 2. The van der Waals surface area contributed by atoms with Gasteiger partial charge in [-0.05, 0) is 18.1 Å². The summed E-state index contributed by atoms with van der Waals surface area (Å²) in [7, 11) is 0. The van der Waals surface area contributed by atoms with Crippen LogP contribution in [0.4, 0.5) is 0 Å². The van der Waals surface area contributed by atoms with Gasteiger partial charge in [-0.1, -0.05) is 18.2 Å². The molecule has 0 aromatic heterocycles. The van der Waals surface area contributed by atoms with Crippen LogP contribution in [0, 0.1) is 0 Å². The van der Waals surface area contributed by atoms with E-state index in [0.717, 1.165) is 37.5 Å². The average Bonchev–Trinajstić information content (AvgIpc) is 2.82. The van der Waals surface area contributed by atoms with Crippen LogP contribution in [0.15, 0.2) is 24.3 Å². The number of fused-ring (bicyclic) bond motifs is 1. The summed E-state index contributed by atoms with van der Waals surface area (Å²) in [5, 5.41) is 3.34. The van der Waals surface area contributed by atoms with E-state index in [2.05, 4.69) is 28.5 Å². The fourth-order valence-corrected chi connectivity index (χ4v) is 2.21. The lowest BCUT2D eigenvalue weighted by atomic mass is 10.0. The van der Waals surface area contributed by atoms with Crippen molar-refractivity contribution in [2.45, 2.75) is 18.9 Å². The van der Waals surface area contributed by atoms with Crippen LogP contribution in [0.1, 0.15) is 12.0 Å². The van der Waals surface area contributed by atoms with Gasteiger partial charge in [-0.2, -0.15) is 0 Å². The zero-order chi connectivity index (χ0) is 10.1. The third-order valence-electron chi connectivity index (χ3n) is 3.00. The van der Waals surface area contributed by atoms with E-state index < -0.39 is 0 Å². The third kappa shape index (κ3) is 1.58. The number of nitrogens with one attached hydrogen (secondary N) is 2. The maximum Gasteiger partial charge on any atom is 0.284 e. The largest absolute Gasteiger partial charge is 0.477 e. The fourth-order valence-electron chi connectivity index (χ4n) is 2.21. The lowest BCUT2D eigenvalue weighted by Crippen LogP contribution is -2.73. The normalized spacial score (nSPS) is 23.7. The molecule has 3 heteroatoms. The van der Waals surface area contributed by atoms with Crippen molar-refractivity contribution in [2.75, 3.05) is 13.1 Å². The minimum absolute atomic E-state index is 0.197. The van der Waals surface area contributed by atoms with Crippen LogP contribution >= 0.6 is 0 Å². The molecule has 1 aromatic rings. The van der Waals surface area contributed by atoms with Gasteiger partial charge in [0, 0.05) is 6.42 Å². The lowest BCUT2D eigenvalue weighted by molar-refractivity contribution is -0.447. The van der Waals surface area contributed by atoms with Gasteiger partial charge in [0.1, 0.15) is 18.8 Å². The van der Waals surface area contributed by atoms with E-state index in [-0.39, 0.29) is 6.10 Å². The third-order valence-corrected chi connectivity index (χ3v) is 3.00. The van der Waals surface area contributed by atoms with Crippen molar-refractivity contribution < 1.29 is 9.73 Å². The van der Waals surface area contributed by atoms with Crippen LogP contribution in [0.5, 0.6) is 5.75 Å². The monoisotopic (exact) mass is 203 g/mol. The van der Waals surface area contributed by atoms with Gasteiger partial charge in [-0.15, -0.1) is 0 Å². The molecule has 3 nitrogen and oxygen atoms in total. The summed E-state index contributed by atoms with van der Waals surface area (Å²) in [5.41, 5.74) is 1.33. The molecule has 0 fully saturated rings. The maximum atomic E-state index is 5.95. The molecule has 0 saturated carbocycles. The molecule has 78 valence electrons. The first-order valence-corrected chi connectivity index (χ1v) is 5.52. The molecule has 2 heterocycles. The topological polar surface area (TPSA) is 35.2 Å². The minimum atomic E-state index is 0.197. The zero-order valence-electron chi connectivity index (χ0n) is 8.62. The Morgan fingerprint density at radius 2 is 2.27 bits per heavy atom. The van der Waals surface area contributed by atoms with Gasteiger partial charge in [0.2, 0.25) is 0 Å². The van der Waals surface area contributed by atoms with Gasteiger partial charge in [-0.3, -0.25) is 10.3 Å². The van der Waals surface area contributed by atoms with Gasteiger partial charge in [0.25, 0.3) is 5.84 Å². The highest BCUT2D eigenvalue weighted by atomic mass is 16.5. The molecule has 2 N–H and O–H groups in total. The summed E-state index contributed by atoms with van der Waals surface area (Å²) in [5.74, 6) is 2.20. The van der Waals surface area contributed by atoms with Crippen molar-refractivity contribution in [3.05, 3.63) is 29.8 Å². The molecule has 0 bridgehead atoms. The van der Waals surface area contributed by atoms with Crippen molar-refractivity contribution in [1.82, 2.24) is 5.32 Å². The first-order chi connectivity index (χ1) is 7.43. The Balaban J connectivity index is 1.82. The maximum absolute atomic E-state index is 5.95. The molecule has 0 spiro atoms. The molecule has 0 amide bonds. The number of aryl methyl sites for hydroxylation is 1. The van der Waals surface area contributed by atoms with E-state index in [1.807, 2.05) is 6.07 Å². The summed E-state index contributed by atoms with van der Waals surface area (Å²) in [6.45, 7) is 2.02. The standard InChI is InChI=1S/C12H14N2O/c1-2-4-10-9(3-1)5-6-11(15-10)12-13-7-8-14-12/h1-4,11H,5-8H2,(H,13,14)/p+1. The van der Waals surface area contributed by atoms with Crippen molar-refractivity contribution in [3.63, 3.8) is 0 Å². The van der Waals surface area contributed by atoms with Crippen LogP contribution < -0.4 is 15.0 Å². The number of ether oxygens (including phenoxy) is 1. The average molecular weight is 203 g/mol. The van der Waals surface area contributed by atoms with Crippen LogP contribution in [0.2, 0.25) is 0 Å². The van der Waals surface area contributed by atoms with Crippen LogP contribution in [-0.2, 0) is 6.42 Å². The van der Waals surface area contributed by atoms with E-state index in [1.54, 1.807) is 0 Å². The Morgan fingerprint density at radius 3 is 3.13 bits per heavy atom. The quantitative estimate of drug-likeness (QED) is 0.643. The lowest BCUT2D eigenvalue weighted by Gasteiger charge is -2.23. The van der Waals surface area contributed by atoms with E-state index in [9.17, 15) is 0 Å². The first kappa shape index (κ1) is 8.77. The van der Waals surface area contributed by atoms with Crippen molar-refractivity contribution in [3.8, 4) is 5.75 Å². The zero-order valence-corrected chi connectivity index (χ0v) is 8.62. The van der Waals surface area contributed by atoms with Crippen molar-refractivity contribution in [1.29, 1.82) is 0 Å². The van der Waals surface area contributed by atoms with Crippen molar-refractivity contribution in [2.24, 2.45) is 0 Å². The number of para-hydroxylation sites is 1. The number of amidine groups is 1. The molecule has 0 radical (unpaired) electrons. The number of benzene rings is 1. The Hall–Kier alpha value is -1.51. The number of hydrogen-bond donors (Lipinski definition) is 2. The molecular weight excluding hydrogens is 188 g/mol. The minimum Gasteiger partial charge on any atom is -0.477 e. The van der Waals surface area contributed by atoms with E-state index in [4.69, 9.17) is 4.74 Å². The molecule has 0 saturated heterocycles. The van der Waals surface area contributed by atoms with Crippen LogP contribution in [0.3, 0.4) is 0 Å². The Bertz CT molecular complexity index is 400. The molecule has 2 aliphatic heterocycles. The number of rotatable bonds is 1. The van der Waals surface area contributed by atoms with E-state index in [1.165, 1.54) is 5.56 Å². The van der Waals surface area contributed by atoms with Gasteiger partial charge >= 0.3 is 0 Å². The summed E-state index contributed by atoms with van der Waals surface area (Å²) in [4.78, 5) is 3.34. The van der Waals surface area contributed by atoms with Gasteiger partial charge in [0.05, 0.1) is 0 Å². The SMILES string of the molecule is c1ccc2c(c1)CCC(C1=[NH+]CCN1)O2. The second-order valence-electron chi connectivity index (χ2n) is 4.02. The summed E-state index contributed by atoms with van der Waals surface area (Å²) in [6.07, 6.45) is 2.36. The molecule has 0 aliphatic carbocycles. The highest BCUT2D eigenvalue weighted by Gasteiger charge is 2.29. The van der Waals surface area contributed by atoms with Gasteiger partial charge in [0.15, 0.2) is 6.10 Å². The molecule has 1 unspecified atom stereocenters. The van der Waals surface area contributed by atoms with Crippen LogP contribution in [0.25, 0.3) is 0 Å². The van der Waals surface area contributed by atoms with Gasteiger partial charge in [-0.25, -0.2) is 0 Å². The highest BCUT2D eigenvalue weighted by molar-refractivity contribution is 5.82. The Kier molecular flexibility index (Phi) is 2.09. The molecule has 1 atom stereocenters.